The van der Waals surface area contributed by atoms with Crippen LogP contribution in [0.15, 0.2) is 34.1 Å². The minimum atomic E-state index is -3.59. The molecule has 1 amide bonds. The fourth-order valence-electron chi connectivity index (χ4n) is 4.62. The van der Waals surface area contributed by atoms with E-state index in [9.17, 15) is 18.0 Å². The summed E-state index contributed by atoms with van der Waals surface area (Å²) in [5.41, 5.74) is 1.50. The van der Waals surface area contributed by atoms with E-state index in [1.54, 1.807) is 36.0 Å². The number of aryl methyl sites for hydroxylation is 1. The first-order valence-electron chi connectivity index (χ1n) is 11.5. The Labute approximate surface area is 209 Å². The molecule has 2 aliphatic rings. The number of thiophene rings is 1. The number of hydrogen-bond donors (Lipinski definition) is 1. The zero-order valence-corrected chi connectivity index (χ0v) is 21.9. The van der Waals surface area contributed by atoms with Gasteiger partial charge in [-0.25, -0.2) is 13.2 Å². The molecule has 1 aromatic heterocycles. The Morgan fingerprint density at radius 2 is 1.76 bits per heavy atom. The lowest BCUT2D eigenvalue weighted by molar-refractivity contribution is -0.120. The number of fused-ring (bicyclic) bond motifs is 1. The molecule has 1 N–H and O–H groups in total. The Morgan fingerprint density at radius 1 is 1.09 bits per heavy atom. The van der Waals surface area contributed by atoms with Crippen molar-refractivity contribution < 1.29 is 22.7 Å². The number of piperidine rings is 1. The highest BCUT2D eigenvalue weighted by Crippen LogP contribution is 2.38. The number of carbonyl (C=O) groups is 2. The molecule has 184 valence electrons. The summed E-state index contributed by atoms with van der Waals surface area (Å²) in [6, 6.07) is 6.88. The third-order valence-corrected chi connectivity index (χ3v) is 10.4. The summed E-state index contributed by atoms with van der Waals surface area (Å²) in [4.78, 5) is 28.0. The molecule has 1 aliphatic heterocycles. The summed E-state index contributed by atoms with van der Waals surface area (Å²) in [6.45, 7) is 0.574. The number of thioether (sulfide) groups is 1. The van der Waals surface area contributed by atoms with E-state index in [1.807, 2.05) is 6.26 Å². The smallest absolute Gasteiger partial charge is 0.341 e. The number of rotatable bonds is 6. The minimum Gasteiger partial charge on any atom is -0.465 e. The van der Waals surface area contributed by atoms with Crippen LogP contribution in [0.25, 0.3) is 0 Å². The molecule has 0 bridgehead atoms. The van der Waals surface area contributed by atoms with Crippen LogP contribution >= 0.6 is 23.1 Å². The lowest BCUT2D eigenvalue weighted by atomic mass is 9.97. The van der Waals surface area contributed by atoms with Crippen LogP contribution in [0.1, 0.15) is 52.9 Å². The summed E-state index contributed by atoms with van der Waals surface area (Å²) in [5, 5.41) is 3.54. The van der Waals surface area contributed by atoms with Gasteiger partial charge in [-0.05, 0) is 74.6 Å². The molecule has 0 unspecified atom stereocenters. The zero-order valence-electron chi connectivity index (χ0n) is 19.5. The van der Waals surface area contributed by atoms with Gasteiger partial charge in [-0.15, -0.1) is 23.1 Å². The van der Waals surface area contributed by atoms with E-state index < -0.39 is 16.0 Å². The van der Waals surface area contributed by atoms with Gasteiger partial charge < -0.3 is 10.1 Å². The van der Waals surface area contributed by atoms with Gasteiger partial charge in [0.25, 0.3) is 0 Å². The summed E-state index contributed by atoms with van der Waals surface area (Å²) >= 11 is 3.04. The second-order valence-electron chi connectivity index (χ2n) is 8.60. The van der Waals surface area contributed by atoms with E-state index >= 15 is 0 Å². The number of ether oxygens (including phenoxy) is 1. The SMILES string of the molecule is COC(=O)c1c(NC(=O)C2CCN(S(=O)(=O)c3ccc(SC)cc3)CC2)sc2c1CCCCC2. The fourth-order valence-corrected chi connectivity index (χ4v) is 7.78. The van der Waals surface area contributed by atoms with Crippen LogP contribution in [0, 0.1) is 5.92 Å². The highest BCUT2D eigenvalue weighted by atomic mass is 32.2. The number of anilines is 1. The van der Waals surface area contributed by atoms with Crippen LogP contribution in [0.4, 0.5) is 5.00 Å². The monoisotopic (exact) mass is 522 g/mol. The Bertz CT molecular complexity index is 1150. The number of amides is 1. The fraction of sp³-hybridized carbons (Fsp3) is 0.500. The van der Waals surface area contributed by atoms with Crippen molar-refractivity contribution in [2.45, 2.75) is 54.7 Å². The van der Waals surface area contributed by atoms with E-state index in [0.29, 0.717) is 23.4 Å². The van der Waals surface area contributed by atoms with Gasteiger partial charge in [0.2, 0.25) is 15.9 Å². The van der Waals surface area contributed by atoms with Gasteiger partial charge in [-0.3, -0.25) is 4.79 Å². The average Bonchev–Trinajstić information content (AvgIpc) is 3.03. The number of nitrogens with one attached hydrogen (secondary N) is 1. The van der Waals surface area contributed by atoms with Crippen molar-refractivity contribution in [2.75, 3.05) is 31.8 Å². The van der Waals surface area contributed by atoms with E-state index in [2.05, 4.69) is 5.32 Å². The Morgan fingerprint density at radius 3 is 2.41 bits per heavy atom. The Hall–Kier alpha value is -1.88. The third kappa shape index (κ3) is 5.19. The highest BCUT2D eigenvalue weighted by Gasteiger charge is 2.33. The lowest BCUT2D eigenvalue weighted by Gasteiger charge is -2.30. The lowest BCUT2D eigenvalue weighted by Crippen LogP contribution is -2.41. The van der Waals surface area contributed by atoms with Crippen molar-refractivity contribution in [3.05, 3.63) is 40.3 Å². The molecule has 1 aromatic carbocycles. The normalized spacial score (nSPS) is 17.6. The van der Waals surface area contributed by atoms with Crippen LogP contribution in [-0.4, -0.2) is 51.1 Å². The predicted molar refractivity (Wildman–Crippen MR) is 135 cm³/mol. The van der Waals surface area contributed by atoms with E-state index in [1.165, 1.54) is 22.8 Å². The standard InChI is InChI=1S/C24H30N2O5S3/c1-31-24(28)21-19-6-4-3-5-7-20(19)33-23(21)25-22(27)16-12-14-26(15-13-16)34(29,30)18-10-8-17(32-2)9-11-18/h8-11,16H,3-7,12-15H2,1-2H3,(H,25,27). The van der Waals surface area contributed by atoms with Crippen molar-refractivity contribution >= 4 is 50.0 Å². The van der Waals surface area contributed by atoms with E-state index in [0.717, 1.165) is 47.4 Å². The molecule has 1 saturated heterocycles. The molecule has 1 aliphatic carbocycles. The van der Waals surface area contributed by atoms with Crippen LogP contribution in [0.2, 0.25) is 0 Å². The molecule has 1 fully saturated rings. The summed E-state index contributed by atoms with van der Waals surface area (Å²) in [5.74, 6) is -0.885. The molecule has 2 heterocycles. The Kier molecular flexibility index (Phi) is 8.01. The first kappa shape index (κ1) is 25.2. The van der Waals surface area contributed by atoms with Crippen LogP contribution < -0.4 is 5.32 Å². The number of sulfonamides is 1. The van der Waals surface area contributed by atoms with Crippen LogP contribution in [0.5, 0.6) is 0 Å². The van der Waals surface area contributed by atoms with Gasteiger partial charge in [0.1, 0.15) is 5.00 Å². The molecule has 10 heteroatoms. The maximum absolute atomic E-state index is 13.1. The molecule has 0 spiro atoms. The second kappa shape index (κ2) is 10.8. The summed E-state index contributed by atoms with van der Waals surface area (Å²) < 4.78 is 32.5. The van der Waals surface area contributed by atoms with Crippen molar-refractivity contribution in [1.82, 2.24) is 4.31 Å². The topological polar surface area (TPSA) is 92.8 Å². The van der Waals surface area contributed by atoms with Gasteiger partial charge in [0.15, 0.2) is 0 Å². The van der Waals surface area contributed by atoms with Crippen LogP contribution in [-0.2, 0) is 32.4 Å². The second-order valence-corrected chi connectivity index (χ2v) is 12.5. The molecule has 2 aromatic rings. The maximum Gasteiger partial charge on any atom is 0.341 e. The number of hydrogen-bond acceptors (Lipinski definition) is 7. The summed E-state index contributed by atoms with van der Waals surface area (Å²) in [7, 11) is -2.23. The molecule has 0 saturated carbocycles. The number of carbonyl (C=O) groups excluding carboxylic acids is 2. The molecular formula is C24H30N2O5S3. The summed E-state index contributed by atoms with van der Waals surface area (Å²) in [6.07, 6.45) is 7.78. The minimum absolute atomic E-state index is 0.164. The number of methoxy groups -OCH3 is 1. The number of esters is 1. The van der Waals surface area contributed by atoms with E-state index in [-0.39, 0.29) is 29.8 Å². The number of benzene rings is 1. The van der Waals surface area contributed by atoms with Gasteiger partial charge in [-0.1, -0.05) is 6.42 Å². The van der Waals surface area contributed by atoms with Gasteiger partial charge in [-0.2, -0.15) is 4.31 Å². The van der Waals surface area contributed by atoms with Crippen molar-refractivity contribution in [3.63, 3.8) is 0 Å². The Balaban J connectivity index is 1.43. The molecule has 4 rings (SSSR count). The quantitative estimate of drug-likeness (QED) is 0.340. The maximum atomic E-state index is 13.1. The average molecular weight is 523 g/mol. The van der Waals surface area contributed by atoms with E-state index in [4.69, 9.17) is 4.74 Å². The van der Waals surface area contributed by atoms with Crippen LogP contribution in [0.3, 0.4) is 0 Å². The largest absolute Gasteiger partial charge is 0.465 e. The zero-order chi connectivity index (χ0) is 24.3. The van der Waals surface area contributed by atoms with Gasteiger partial charge in [0.05, 0.1) is 17.6 Å². The molecule has 7 nitrogen and oxygen atoms in total. The van der Waals surface area contributed by atoms with Gasteiger partial charge >= 0.3 is 5.97 Å². The molecular weight excluding hydrogens is 492 g/mol. The van der Waals surface area contributed by atoms with Crippen molar-refractivity contribution in [1.29, 1.82) is 0 Å². The number of nitrogens with zero attached hydrogens (tertiary/aromatic N) is 1. The highest BCUT2D eigenvalue weighted by molar-refractivity contribution is 7.98. The van der Waals surface area contributed by atoms with Gasteiger partial charge in [0, 0.05) is 28.8 Å². The molecule has 0 radical (unpaired) electrons. The molecule has 0 atom stereocenters. The first-order chi connectivity index (χ1) is 16.3. The molecule has 34 heavy (non-hydrogen) atoms. The third-order valence-electron chi connectivity index (χ3n) is 6.57. The first-order valence-corrected chi connectivity index (χ1v) is 15.0. The van der Waals surface area contributed by atoms with Crippen molar-refractivity contribution in [3.8, 4) is 0 Å². The predicted octanol–water partition coefficient (Wildman–Crippen LogP) is 4.56. The van der Waals surface area contributed by atoms with Crippen molar-refractivity contribution in [2.24, 2.45) is 5.92 Å².